The predicted molar refractivity (Wildman–Crippen MR) is 114 cm³/mol. The van der Waals surface area contributed by atoms with Crippen molar-refractivity contribution in [1.29, 1.82) is 0 Å². The van der Waals surface area contributed by atoms with E-state index in [9.17, 15) is 8.42 Å². The van der Waals surface area contributed by atoms with Crippen LogP contribution in [0, 0.1) is 0 Å². The van der Waals surface area contributed by atoms with Gasteiger partial charge in [-0.3, -0.25) is 0 Å². The van der Waals surface area contributed by atoms with Gasteiger partial charge in [0.15, 0.2) is 0 Å². The van der Waals surface area contributed by atoms with Crippen LogP contribution in [0.3, 0.4) is 0 Å². The number of hydrogen-bond donors (Lipinski definition) is 3. The minimum absolute atomic E-state index is 0.0681. The number of nitrogens with zero attached hydrogens (tertiary/aromatic N) is 2. The number of nitrogens with two attached hydrogens (primary N) is 1. The Balaban J connectivity index is 1.53. The molecule has 2 aromatic carbocycles. The monoisotopic (exact) mass is 411 g/mol. The first kappa shape index (κ1) is 19.8. The Morgan fingerprint density at radius 3 is 2.52 bits per heavy atom. The van der Waals surface area contributed by atoms with Gasteiger partial charge in [0.1, 0.15) is 0 Å². The Morgan fingerprint density at radius 1 is 1.03 bits per heavy atom. The molecule has 8 heteroatoms. The summed E-state index contributed by atoms with van der Waals surface area (Å²) in [7, 11) is -3.71. The van der Waals surface area contributed by atoms with Crippen LogP contribution in [0.1, 0.15) is 37.7 Å². The Kier molecular flexibility index (Phi) is 5.75. The average molecular weight is 412 g/mol. The van der Waals surface area contributed by atoms with E-state index in [1.54, 1.807) is 18.3 Å². The molecule has 0 atom stereocenters. The largest absolute Gasteiger partial charge is 0.324 e. The summed E-state index contributed by atoms with van der Waals surface area (Å²) in [6.45, 7) is 0.779. The minimum Gasteiger partial charge on any atom is -0.324 e. The molecule has 3 aromatic rings. The third-order valence-corrected chi connectivity index (χ3v) is 6.25. The smallest absolute Gasteiger partial charge is 0.238 e. The first-order valence-electron chi connectivity index (χ1n) is 9.87. The van der Waals surface area contributed by atoms with E-state index in [1.165, 1.54) is 44.2 Å². The quantitative estimate of drug-likeness (QED) is 0.573. The van der Waals surface area contributed by atoms with Gasteiger partial charge in [-0.05, 0) is 42.7 Å². The number of nitrogens with one attached hydrogen (secondary N) is 2. The highest BCUT2D eigenvalue weighted by atomic mass is 32.2. The molecule has 7 nitrogen and oxygen atoms in total. The molecule has 0 radical (unpaired) electrons. The number of anilines is 2. The molecule has 0 spiro atoms. The van der Waals surface area contributed by atoms with Gasteiger partial charge in [0, 0.05) is 29.9 Å². The topological polar surface area (TPSA) is 110 Å². The van der Waals surface area contributed by atoms with E-state index in [1.807, 2.05) is 12.1 Å². The number of primary sulfonamides is 1. The molecule has 1 saturated carbocycles. The molecular formula is C21H25N5O2S. The number of aromatic nitrogens is 2. The zero-order chi connectivity index (χ0) is 20.3. The van der Waals surface area contributed by atoms with E-state index in [0.717, 1.165) is 23.0 Å². The molecule has 1 aliphatic rings. The molecule has 1 aromatic heterocycles. The van der Waals surface area contributed by atoms with E-state index >= 15 is 0 Å². The maximum atomic E-state index is 11.4. The second-order valence-corrected chi connectivity index (χ2v) is 9.02. The van der Waals surface area contributed by atoms with Gasteiger partial charge in [-0.2, -0.15) is 0 Å². The van der Waals surface area contributed by atoms with Crippen LogP contribution in [-0.2, 0) is 16.6 Å². The second-order valence-electron chi connectivity index (χ2n) is 7.46. The average Bonchev–Trinajstić information content (AvgIpc) is 2.73. The molecule has 4 rings (SSSR count). The highest BCUT2D eigenvalue weighted by molar-refractivity contribution is 7.89. The van der Waals surface area contributed by atoms with Crippen LogP contribution in [-0.4, -0.2) is 24.4 Å². The molecule has 0 bridgehead atoms. The number of benzene rings is 2. The number of para-hydroxylation sites is 1. The van der Waals surface area contributed by atoms with E-state index in [4.69, 9.17) is 10.1 Å². The van der Waals surface area contributed by atoms with Crippen LogP contribution in [0.25, 0.3) is 10.9 Å². The van der Waals surface area contributed by atoms with Crippen molar-refractivity contribution in [1.82, 2.24) is 15.3 Å². The van der Waals surface area contributed by atoms with Crippen molar-refractivity contribution in [3.8, 4) is 0 Å². The summed E-state index contributed by atoms with van der Waals surface area (Å²) >= 11 is 0. The standard InChI is InChI=1S/C21H25N5O2S/c22-29(27,28)19-11-9-18(10-12-19)25-21-24-14-16-6-4-5-15(20(16)26-21)13-23-17-7-2-1-3-8-17/h4-6,9-12,14,17,23H,1-3,7-8,13H2,(H2,22,27,28)(H,24,25,26). The summed E-state index contributed by atoms with van der Waals surface area (Å²) in [5.74, 6) is 0.464. The second kappa shape index (κ2) is 8.44. The van der Waals surface area contributed by atoms with Crippen molar-refractivity contribution in [2.45, 2.75) is 49.6 Å². The summed E-state index contributed by atoms with van der Waals surface area (Å²) in [6.07, 6.45) is 8.21. The van der Waals surface area contributed by atoms with Gasteiger partial charge in [0.25, 0.3) is 0 Å². The van der Waals surface area contributed by atoms with Gasteiger partial charge >= 0.3 is 0 Å². The molecule has 152 valence electrons. The summed E-state index contributed by atoms with van der Waals surface area (Å²) < 4.78 is 22.8. The minimum atomic E-state index is -3.71. The van der Waals surface area contributed by atoms with E-state index < -0.39 is 10.0 Å². The van der Waals surface area contributed by atoms with Gasteiger partial charge in [-0.25, -0.2) is 23.5 Å². The number of rotatable bonds is 6. The lowest BCUT2D eigenvalue weighted by atomic mass is 9.95. The van der Waals surface area contributed by atoms with Crippen LogP contribution in [0.4, 0.5) is 11.6 Å². The number of hydrogen-bond acceptors (Lipinski definition) is 6. The van der Waals surface area contributed by atoms with Crippen molar-refractivity contribution < 1.29 is 8.42 Å². The summed E-state index contributed by atoms with van der Waals surface area (Å²) in [5.41, 5.74) is 2.74. The fraction of sp³-hybridized carbons (Fsp3) is 0.333. The normalized spacial score (nSPS) is 15.5. The summed E-state index contributed by atoms with van der Waals surface area (Å²) in [5, 5.41) is 12.9. The fourth-order valence-electron chi connectivity index (χ4n) is 3.74. The first-order valence-corrected chi connectivity index (χ1v) is 11.4. The third kappa shape index (κ3) is 4.90. The van der Waals surface area contributed by atoms with Crippen LogP contribution < -0.4 is 15.8 Å². The molecule has 4 N–H and O–H groups in total. The van der Waals surface area contributed by atoms with Crippen LogP contribution >= 0.6 is 0 Å². The first-order chi connectivity index (χ1) is 14.0. The number of fused-ring (bicyclic) bond motifs is 1. The molecule has 0 unspecified atom stereocenters. The van der Waals surface area contributed by atoms with Gasteiger partial charge in [-0.1, -0.05) is 37.5 Å². The molecular weight excluding hydrogens is 386 g/mol. The maximum absolute atomic E-state index is 11.4. The molecule has 0 amide bonds. The maximum Gasteiger partial charge on any atom is 0.238 e. The lowest BCUT2D eigenvalue weighted by molar-refractivity contribution is 0.372. The van der Waals surface area contributed by atoms with Gasteiger partial charge in [0.2, 0.25) is 16.0 Å². The predicted octanol–water partition coefficient (Wildman–Crippen LogP) is 3.44. The summed E-state index contributed by atoms with van der Waals surface area (Å²) in [4.78, 5) is 9.15. The molecule has 1 fully saturated rings. The highest BCUT2D eigenvalue weighted by Crippen LogP contribution is 2.22. The van der Waals surface area contributed by atoms with Crippen LogP contribution in [0.15, 0.2) is 53.6 Å². The highest BCUT2D eigenvalue weighted by Gasteiger charge is 2.14. The SMILES string of the molecule is NS(=O)(=O)c1ccc(Nc2ncc3cccc(CNC4CCCCC4)c3n2)cc1. The molecule has 1 heterocycles. The van der Waals surface area contributed by atoms with Gasteiger partial charge in [-0.15, -0.1) is 0 Å². The Bertz CT molecular complexity index is 1090. The van der Waals surface area contributed by atoms with Crippen molar-refractivity contribution in [3.05, 3.63) is 54.2 Å². The van der Waals surface area contributed by atoms with E-state index in [2.05, 4.69) is 21.7 Å². The van der Waals surface area contributed by atoms with E-state index in [-0.39, 0.29) is 4.90 Å². The zero-order valence-corrected chi connectivity index (χ0v) is 17.0. The molecule has 0 saturated heterocycles. The summed E-state index contributed by atoms with van der Waals surface area (Å²) in [6, 6.07) is 12.9. The lowest BCUT2D eigenvalue weighted by Gasteiger charge is -2.23. The number of sulfonamides is 1. The van der Waals surface area contributed by atoms with Gasteiger partial charge in [0.05, 0.1) is 10.4 Å². The Labute approximate surface area is 170 Å². The fourth-order valence-corrected chi connectivity index (χ4v) is 4.25. The Hall–Kier alpha value is -2.55. The van der Waals surface area contributed by atoms with Crippen LogP contribution in [0.5, 0.6) is 0 Å². The zero-order valence-electron chi connectivity index (χ0n) is 16.1. The van der Waals surface area contributed by atoms with Crippen molar-refractivity contribution >= 4 is 32.6 Å². The van der Waals surface area contributed by atoms with E-state index in [0.29, 0.717) is 17.7 Å². The van der Waals surface area contributed by atoms with Gasteiger partial charge < -0.3 is 10.6 Å². The molecule has 0 aliphatic heterocycles. The molecule has 1 aliphatic carbocycles. The van der Waals surface area contributed by atoms with Crippen molar-refractivity contribution in [2.24, 2.45) is 5.14 Å². The molecule has 29 heavy (non-hydrogen) atoms. The van der Waals surface area contributed by atoms with Crippen molar-refractivity contribution in [2.75, 3.05) is 5.32 Å². The Morgan fingerprint density at radius 2 is 1.79 bits per heavy atom. The van der Waals surface area contributed by atoms with Crippen molar-refractivity contribution in [3.63, 3.8) is 0 Å². The van der Waals surface area contributed by atoms with Crippen LogP contribution in [0.2, 0.25) is 0 Å². The lowest BCUT2D eigenvalue weighted by Crippen LogP contribution is -2.30. The third-order valence-electron chi connectivity index (χ3n) is 5.32.